The number of carbonyl (C=O) groups is 2. The molecule has 0 unspecified atom stereocenters. The van der Waals surface area contributed by atoms with Crippen LogP contribution in [-0.2, 0) is 13.6 Å². The number of carbonyl (C=O) groups excluding carboxylic acids is 2. The van der Waals surface area contributed by atoms with Crippen molar-refractivity contribution in [2.75, 3.05) is 0 Å². The van der Waals surface area contributed by atoms with Gasteiger partial charge in [-0.25, -0.2) is 0 Å². The molecule has 0 aromatic carbocycles. The minimum atomic E-state index is -0.441. The van der Waals surface area contributed by atoms with Crippen LogP contribution in [0, 0.1) is 0 Å². The van der Waals surface area contributed by atoms with Crippen molar-refractivity contribution in [3.8, 4) is 0 Å². The lowest BCUT2D eigenvalue weighted by Crippen LogP contribution is -2.31. The number of hydrogen-bond donors (Lipinski definition) is 1. The Labute approximate surface area is 141 Å². The van der Waals surface area contributed by atoms with Crippen molar-refractivity contribution in [2.24, 2.45) is 7.05 Å². The number of nitrogens with zero attached hydrogens (tertiary/aromatic N) is 1. The number of amides is 1. The summed E-state index contributed by atoms with van der Waals surface area (Å²) < 4.78 is 6.44. The zero-order valence-electron chi connectivity index (χ0n) is 12.8. The van der Waals surface area contributed by atoms with Crippen LogP contribution in [0.3, 0.4) is 0 Å². The number of aromatic nitrogens is 1. The van der Waals surface area contributed by atoms with Gasteiger partial charge in [-0.2, -0.15) is 0 Å². The molecule has 0 atom stereocenters. The van der Waals surface area contributed by atoms with E-state index in [4.69, 9.17) is 4.42 Å². The van der Waals surface area contributed by atoms with Crippen LogP contribution in [0.25, 0.3) is 0 Å². The maximum atomic E-state index is 12.1. The van der Waals surface area contributed by atoms with Gasteiger partial charge in [0.05, 0.1) is 17.7 Å². The van der Waals surface area contributed by atoms with Crippen molar-refractivity contribution in [1.29, 1.82) is 0 Å². The first-order valence-electron chi connectivity index (χ1n) is 7.17. The Morgan fingerprint density at radius 2 is 2.04 bits per heavy atom. The zero-order valence-corrected chi connectivity index (χ0v) is 13.6. The quantitative estimate of drug-likeness (QED) is 0.721. The molecule has 3 aromatic heterocycles. The summed E-state index contributed by atoms with van der Waals surface area (Å²) in [4.78, 5) is 37.5. The molecule has 6 nitrogen and oxygen atoms in total. The van der Waals surface area contributed by atoms with E-state index in [0.29, 0.717) is 4.88 Å². The van der Waals surface area contributed by atoms with Crippen LogP contribution in [0.2, 0.25) is 0 Å². The SMILES string of the molecule is Cn1cccc(C(=O)NCc2ccc(C(=O)c3ccco3)s2)c1=O. The summed E-state index contributed by atoms with van der Waals surface area (Å²) in [5.74, 6) is -0.358. The Balaban J connectivity index is 1.67. The zero-order chi connectivity index (χ0) is 17.1. The molecule has 1 amide bonds. The minimum absolute atomic E-state index is 0.0865. The lowest BCUT2D eigenvalue weighted by atomic mass is 10.2. The number of hydrogen-bond acceptors (Lipinski definition) is 5. The highest BCUT2D eigenvalue weighted by Crippen LogP contribution is 2.20. The second kappa shape index (κ2) is 6.67. The van der Waals surface area contributed by atoms with Crippen LogP contribution >= 0.6 is 11.3 Å². The second-order valence-electron chi connectivity index (χ2n) is 5.09. The van der Waals surface area contributed by atoms with Gasteiger partial charge in [-0.05, 0) is 36.4 Å². The molecule has 0 aliphatic carbocycles. The van der Waals surface area contributed by atoms with Gasteiger partial charge in [0, 0.05) is 18.1 Å². The minimum Gasteiger partial charge on any atom is -0.461 e. The van der Waals surface area contributed by atoms with E-state index >= 15 is 0 Å². The van der Waals surface area contributed by atoms with Crippen LogP contribution < -0.4 is 10.9 Å². The molecule has 24 heavy (non-hydrogen) atoms. The van der Waals surface area contributed by atoms with Crippen LogP contribution in [0.15, 0.2) is 58.1 Å². The van der Waals surface area contributed by atoms with Gasteiger partial charge in [-0.3, -0.25) is 14.4 Å². The number of nitrogens with one attached hydrogen (secondary N) is 1. The predicted molar refractivity (Wildman–Crippen MR) is 89.3 cm³/mol. The molecule has 0 spiro atoms. The molecule has 0 aliphatic heterocycles. The van der Waals surface area contributed by atoms with Crippen molar-refractivity contribution in [3.05, 3.63) is 80.3 Å². The Hall–Kier alpha value is -2.93. The summed E-state index contributed by atoms with van der Waals surface area (Å²) in [6.07, 6.45) is 3.03. The normalized spacial score (nSPS) is 10.5. The maximum absolute atomic E-state index is 12.1. The van der Waals surface area contributed by atoms with E-state index in [2.05, 4.69) is 5.32 Å². The second-order valence-corrected chi connectivity index (χ2v) is 6.26. The largest absolute Gasteiger partial charge is 0.461 e. The van der Waals surface area contributed by atoms with Crippen LogP contribution in [0.1, 0.15) is 30.7 Å². The fourth-order valence-corrected chi connectivity index (χ4v) is 3.05. The molecule has 122 valence electrons. The molecular weight excluding hydrogens is 328 g/mol. The number of furan rings is 1. The Kier molecular flexibility index (Phi) is 4.43. The molecule has 0 bridgehead atoms. The molecule has 3 aromatic rings. The average Bonchev–Trinajstić information content (AvgIpc) is 3.26. The highest BCUT2D eigenvalue weighted by atomic mass is 32.1. The van der Waals surface area contributed by atoms with Gasteiger partial charge in [0.2, 0.25) is 5.78 Å². The Bertz CT molecular complexity index is 938. The number of pyridine rings is 1. The third-order valence-electron chi connectivity index (χ3n) is 3.42. The van der Waals surface area contributed by atoms with Gasteiger partial charge in [0.25, 0.3) is 11.5 Å². The monoisotopic (exact) mass is 342 g/mol. The standard InChI is InChI=1S/C17H14N2O4S/c1-19-8-2-4-12(17(19)22)16(21)18-10-11-6-7-14(24-11)15(20)13-5-3-9-23-13/h2-9H,10H2,1H3,(H,18,21). The van der Waals surface area contributed by atoms with E-state index in [9.17, 15) is 14.4 Å². The van der Waals surface area contributed by atoms with Gasteiger partial charge >= 0.3 is 0 Å². The molecular formula is C17H14N2O4S. The predicted octanol–water partition coefficient (Wildman–Crippen LogP) is 2.20. The van der Waals surface area contributed by atoms with Crippen molar-refractivity contribution in [1.82, 2.24) is 9.88 Å². The fraction of sp³-hybridized carbons (Fsp3) is 0.118. The molecule has 0 radical (unpaired) electrons. The van der Waals surface area contributed by atoms with Gasteiger partial charge in [-0.15, -0.1) is 11.3 Å². The lowest BCUT2D eigenvalue weighted by Gasteiger charge is -2.04. The van der Waals surface area contributed by atoms with Crippen molar-refractivity contribution < 1.29 is 14.0 Å². The third kappa shape index (κ3) is 3.21. The van der Waals surface area contributed by atoms with Crippen molar-refractivity contribution >= 4 is 23.0 Å². The summed E-state index contributed by atoms with van der Waals surface area (Å²) in [5, 5.41) is 2.69. The van der Waals surface area contributed by atoms with E-state index < -0.39 is 5.91 Å². The van der Waals surface area contributed by atoms with Gasteiger partial charge in [-0.1, -0.05) is 0 Å². The first-order chi connectivity index (χ1) is 11.6. The highest BCUT2D eigenvalue weighted by molar-refractivity contribution is 7.14. The van der Waals surface area contributed by atoms with Crippen LogP contribution in [0.5, 0.6) is 0 Å². The summed E-state index contributed by atoms with van der Waals surface area (Å²) in [6, 6.07) is 9.85. The molecule has 0 fully saturated rings. The summed E-state index contributed by atoms with van der Waals surface area (Å²) in [5.41, 5.74) is -0.265. The summed E-state index contributed by atoms with van der Waals surface area (Å²) >= 11 is 1.28. The fourth-order valence-electron chi connectivity index (χ4n) is 2.16. The van der Waals surface area contributed by atoms with Crippen LogP contribution in [-0.4, -0.2) is 16.3 Å². The van der Waals surface area contributed by atoms with E-state index in [1.807, 2.05) is 0 Å². The Morgan fingerprint density at radius 1 is 1.21 bits per heavy atom. The van der Waals surface area contributed by atoms with E-state index in [1.165, 1.54) is 28.2 Å². The first-order valence-corrected chi connectivity index (χ1v) is 7.98. The van der Waals surface area contributed by atoms with Crippen LogP contribution in [0.4, 0.5) is 0 Å². The number of thiophene rings is 1. The molecule has 3 rings (SSSR count). The molecule has 0 saturated carbocycles. The molecule has 0 aliphatic rings. The number of rotatable bonds is 5. The third-order valence-corrected chi connectivity index (χ3v) is 4.51. The van der Waals surface area contributed by atoms with Crippen molar-refractivity contribution in [2.45, 2.75) is 6.54 Å². The van der Waals surface area contributed by atoms with Gasteiger partial charge in [0.15, 0.2) is 5.76 Å². The number of aryl methyl sites for hydroxylation is 1. The summed E-state index contributed by atoms with van der Waals surface area (Å²) in [7, 11) is 1.59. The number of ketones is 1. The van der Waals surface area contributed by atoms with E-state index in [1.54, 1.807) is 43.6 Å². The van der Waals surface area contributed by atoms with Gasteiger partial charge < -0.3 is 14.3 Å². The summed E-state index contributed by atoms with van der Waals surface area (Å²) in [6.45, 7) is 0.243. The lowest BCUT2D eigenvalue weighted by molar-refractivity contribution is 0.0948. The first kappa shape index (κ1) is 15.9. The van der Waals surface area contributed by atoms with E-state index in [0.717, 1.165) is 4.88 Å². The molecule has 7 heteroatoms. The Morgan fingerprint density at radius 3 is 2.79 bits per heavy atom. The topological polar surface area (TPSA) is 81.3 Å². The molecule has 0 saturated heterocycles. The van der Waals surface area contributed by atoms with E-state index in [-0.39, 0.29) is 29.2 Å². The molecule has 1 N–H and O–H groups in total. The van der Waals surface area contributed by atoms with Gasteiger partial charge in [0.1, 0.15) is 5.56 Å². The smallest absolute Gasteiger partial charge is 0.263 e. The van der Waals surface area contributed by atoms with Crippen molar-refractivity contribution in [3.63, 3.8) is 0 Å². The maximum Gasteiger partial charge on any atom is 0.263 e. The highest BCUT2D eigenvalue weighted by Gasteiger charge is 2.15. The molecule has 3 heterocycles. The average molecular weight is 342 g/mol.